The Hall–Kier alpha value is -2.66. The number of hydrogen-bond acceptors (Lipinski definition) is 3. The molecule has 0 saturated carbocycles. The Morgan fingerprint density at radius 3 is 2.61 bits per heavy atom. The van der Waals surface area contributed by atoms with E-state index in [4.69, 9.17) is 0 Å². The number of para-hydroxylation sites is 1. The number of aromatic carboxylic acids is 1. The summed E-state index contributed by atoms with van der Waals surface area (Å²) in [6, 6.07) is 13.8. The molecule has 0 spiro atoms. The van der Waals surface area contributed by atoms with Gasteiger partial charge < -0.3 is 10.2 Å². The maximum absolute atomic E-state index is 11.4. The van der Waals surface area contributed by atoms with Crippen molar-refractivity contribution in [2.45, 2.75) is 0 Å². The van der Waals surface area contributed by atoms with Crippen LogP contribution in [0.3, 0.4) is 0 Å². The van der Waals surface area contributed by atoms with Gasteiger partial charge in [0.1, 0.15) is 5.75 Å². The van der Waals surface area contributed by atoms with Crippen LogP contribution < -0.4 is 0 Å². The first kappa shape index (κ1) is 15.2. The van der Waals surface area contributed by atoms with Crippen LogP contribution >= 0.6 is 15.9 Å². The number of hydrogen-bond donors (Lipinski definition) is 2. The molecule has 0 amide bonds. The Kier molecular flexibility index (Phi) is 4.12. The van der Waals surface area contributed by atoms with E-state index in [0.717, 1.165) is 5.56 Å². The summed E-state index contributed by atoms with van der Waals surface area (Å²) >= 11 is 3.26. The van der Waals surface area contributed by atoms with Crippen LogP contribution in [0.1, 0.15) is 21.6 Å². The molecule has 1 aromatic heterocycles. The molecule has 2 aromatic carbocycles. The molecule has 1 heterocycles. The van der Waals surface area contributed by atoms with Crippen molar-refractivity contribution in [1.82, 2.24) is 4.98 Å². The molecular formula is C18H12BrNO3. The van der Waals surface area contributed by atoms with Gasteiger partial charge in [0.2, 0.25) is 0 Å². The predicted octanol–water partition coefficient (Wildman–Crippen LogP) is 4.57. The molecule has 0 saturated heterocycles. The largest absolute Gasteiger partial charge is 0.507 e. The number of phenols is 1. The third-order valence-electron chi connectivity index (χ3n) is 3.38. The molecule has 0 aliphatic heterocycles. The predicted molar refractivity (Wildman–Crippen MR) is 93.4 cm³/mol. The molecule has 2 N–H and O–H groups in total. The highest BCUT2D eigenvalue weighted by molar-refractivity contribution is 9.10. The van der Waals surface area contributed by atoms with Crippen LogP contribution in [0.25, 0.3) is 23.1 Å². The topological polar surface area (TPSA) is 70.4 Å². The SMILES string of the molecule is O=C(O)c1cc(/C=C/c2ccc(O)c(Br)c2)nc2ccccc12. The smallest absolute Gasteiger partial charge is 0.336 e. The molecule has 3 rings (SSSR count). The second-order valence-electron chi connectivity index (χ2n) is 4.96. The first-order valence-corrected chi connectivity index (χ1v) is 7.63. The number of rotatable bonds is 3. The molecule has 5 heteroatoms. The van der Waals surface area contributed by atoms with Crippen LogP contribution in [0.5, 0.6) is 5.75 Å². The number of carboxylic acids is 1. The zero-order chi connectivity index (χ0) is 16.4. The van der Waals surface area contributed by atoms with E-state index in [0.29, 0.717) is 21.1 Å². The normalized spacial score (nSPS) is 11.2. The van der Waals surface area contributed by atoms with Crippen LogP contribution in [-0.4, -0.2) is 21.2 Å². The number of halogens is 1. The molecular weight excluding hydrogens is 358 g/mol. The summed E-state index contributed by atoms with van der Waals surface area (Å²) in [6.45, 7) is 0. The van der Waals surface area contributed by atoms with E-state index in [1.54, 1.807) is 48.5 Å². The van der Waals surface area contributed by atoms with Crippen LogP contribution in [0.4, 0.5) is 0 Å². The highest BCUT2D eigenvalue weighted by Gasteiger charge is 2.10. The van der Waals surface area contributed by atoms with E-state index in [-0.39, 0.29) is 11.3 Å². The fraction of sp³-hybridized carbons (Fsp3) is 0. The van der Waals surface area contributed by atoms with Gasteiger partial charge in [0, 0.05) is 5.39 Å². The van der Waals surface area contributed by atoms with Crippen LogP contribution in [0, 0.1) is 0 Å². The van der Waals surface area contributed by atoms with Crippen molar-refractivity contribution in [3.8, 4) is 5.75 Å². The summed E-state index contributed by atoms with van der Waals surface area (Å²) in [7, 11) is 0. The fourth-order valence-electron chi connectivity index (χ4n) is 2.27. The molecule has 23 heavy (non-hydrogen) atoms. The van der Waals surface area contributed by atoms with Gasteiger partial charge in [-0.05, 0) is 51.8 Å². The second-order valence-corrected chi connectivity index (χ2v) is 5.82. The minimum atomic E-state index is -0.981. The third-order valence-corrected chi connectivity index (χ3v) is 4.02. The Balaban J connectivity index is 2.04. The second kappa shape index (κ2) is 6.22. The molecule has 0 atom stereocenters. The summed E-state index contributed by atoms with van der Waals surface area (Å²) in [6.07, 6.45) is 3.56. The van der Waals surface area contributed by atoms with Crippen molar-refractivity contribution in [2.24, 2.45) is 0 Å². The molecule has 4 nitrogen and oxygen atoms in total. The minimum absolute atomic E-state index is 0.166. The van der Waals surface area contributed by atoms with Crippen LogP contribution in [-0.2, 0) is 0 Å². The number of carbonyl (C=O) groups is 1. The molecule has 114 valence electrons. The van der Waals surface area contributed by atoms with Crippen molar-refractivity contribution in [2.75, 3.05) is 0 Å². The summed E-state index contributed by atoms with van der Waals surface area (Å²) < 4.78 is 0.595. The standard InChI is InChI=1S/C18H12BrNO3/c19-15-9-11(6-8-17(15)21)5-7-12-10-14(18(22)23)13-3-1-2-4-16(13)20-12/h1-10,21H,(H,22,23)/b7-5+. The van der Waals surface area contributed by atoms with Gasteiger partial charge in [-0.1, -0.05) is 30.3 Å². The first-order valence-electron chi connectivity index (χ1n) is 6.84. The Labute approximate surface area is 140 Å². The number of phenolic OH excluding ortho intramolecular Hbond substituents is 1. The molecule has 0 bridgehead atoms. The van der Waals surface area contributed by atoms with E-state index in [9.17, 15) is 15.0 Å². The molecule has 0 aliphatic carbocycles. The highest BCUT2D eigenvalue weighted by Crippen LogP contribution is 2.25. The molecule has 0 fully saturated rings. The monoisotopic (exact) mass is 369 g/mol. The fourth-order valence-corrected chi connectivity index (χ4v) is 2.66. The lowest BCUT2D eigenvalue weighted by Gasteiger charge is -2.04. The van der Waals surface area contributed by atoms with Gasteiger partial charge >= 0.3 is 5.97 Å². The number of nitrogens with zero attached hydrogens (tertiary/aromatic N) is 1. The van der Waals surface area contributed by atoms with Crippen LogP contribution in [0.2, 0.25) is 0 Å². The average Bonchev–Trinajstić information content (AvgIpc) is 2.55. The van der Waals surface area contributed by atoms with Gasteiger partial charge in [0.05, 0.1) is 21.2 Å². The van der Waals surface area contributed by atoms with E-state index in [1.807, 2.05) is 12.1 Å². The summed E-state index contributed by atoms with van der Waals surface area (Å²) in [5.74, 6) is -0.815. The first-order chi connectivity index (χ1) is 11.0. The van der Waals surface area contributed by atoms with E-state index in [1.165, 1.54) is 0 Å². The van der Waals surface area contributed by atoms with Crippen molar-refractivity contribution in [1.29, 1.82) is 0 Å². The van der Waals surface area contributed by atoms with Crippen molar-refractivity contribution < 1.29 is 15.0 Å². The summed E-state index contributed by atoms with van der Waals surface area (Å²) in [5.41, 5.74) is 2.29. The van der Waals surface area contributed by atoms with Crippen LogP contribution in [0.15, 0.2) is 53.0 Å². The van der Waals surface area contributed by atoms with E-state index in [2.05, 4.69) is 20.9 Å². The highest BCUT2D eigenvalue weighted by atomic mass is 79.9. The summed E-state index contributed by atoms with van der Waals surface area (Å²) in [5, 5.41) is 19.5. The van der Waals surface area contributed by atoms with Gasteiger partial charge in [-0.25, -0.2) is 9.78 Å². The van der Waals surface area contributed by atoms with Gasteiger partial charge in [-0.2, -0.15) is 0 Å². The minimum Gasteiger partial charge on any atom is -0.507 e. The van der Waals surface area contributed by atoms with E-state index >= 15 is 0 Å². The number of pyridine rings is 1. The molecule has 0 unspecified atom stereocenters. The quantitative estimate of drug-likeness (QED) is 0.709. The maximum Gasteiger partial charge on any atom is 0.336 e. The lowest BCUT2D eigenvalue weighted by Crippen LogP contribution is -2.00. The Morgan fingerprint density at radius 2 is 1.87 bits per heavy atom. The number of aromatic nitrogens is 1. The third kappa shape index (κ3) is 3.24. The van der Waals surface area contributed by atoms with E-state index < -0.39 is 5.97 Å². The average molecular weight is 370 g/mol. The summed E-state index contributed by atoms with van der Waals surface area (Å²) in [4.78, 5) is 15.9. The maximum atomic E-state index is 11.4. The van der Waals surface area contributed by atoms with Crippen molar-refractivity contribution in [3.63, 3.8) is 0 Å². The molecule has 0 radical (unpaired) electrons. The van der Waals surface area contributed by atoms with Crippen molar-refractivity contribution >= 4 is 45.0 Å². The number of carboxylic acid groups (broad SMARTS) is 1. The number of benzene rings is 2. The van der Waals surface area contributed by atoms with Gasteiger partial charge in [-0.15, -0.1) is 0 Å². The zero-order valence-corrected chi connectivity index (χ0v) is 13.5. The molecule has 3 aromatic rings. The number of fused-ring (bicyclic) bond motifs is 1. The Morgan fingerprint density at radius 1 is 1.09 bits per heavy atom. The Bertz CT molecular complexity index is 935. The van der Waals surface area contributed by atoms with Crippen molar-refractivity contribution in [3.05, 3.63) is 69.8 Å². The van der Waals surface area contributed by atoms with Gasteiger partial charge in [0.15, 0.2) is 0 Å². The zero-order valence-electron chi connectivity index (χ0n) is 11.9. The lowest BCUT2D eigenvalue weighted by molar-refractivity contribution is 0.0699. The number of aromatic hydroxyl groups is 1. The van der Waals surface area contributed by atoms with Gasteiger partial charge in [-0.3, -0.25) is 0 Å². The van der Waals surface area contributed by atoms with Gasteiger partial charge in [0.25, 0.3) is 0 Å². The molecule has 0 aliphatic rings. The lowest BCUT2D eigenvalue weighted by atomic mass is 10.1.